The van der Waals surface area contributed by atoms with Gasteiger partial charge in [0.15, 0.2) is 0 Å². The van der Waals surface area contributed by atoms with Crippen LogP contribution in [-0.4, -0.2) is 29.2 Å². The molecule has 1 unspecified atom stereocenters. The Bertz CT molecular complexity index is 317. The highest BCUT2D eigenvalue weighted by atomic mass is 16.6. The quantitative estimate of drug-likeness (QED) is 0.694. The summed E-state index contributed by atoms with van der Waals surface area (Å²) in [5.41, 5.74) is 0.548. The molecule has 2 aliphatic heterocycles. The van der Waals surface area contributed by atoms with Crippen LogP contribution in [0.15, 0.2) is 11.9 Å². The van der Waals surface area contributed by atoms with Crippen molar-refractivity contribution in [3.8, 4) is 0 Å². The van der Waals surface area contributed by atoms with Gasteiger partial charge < -0.3 is 9.64 Å². The lowest BCUT2D eigenvalue weighted by Crippen LogP contribution is -2.32. The molecule has 0 aliphatic carbocycles. The lowest BCUT2D eigenvalue weighted by molar-refractivity contribution is 0.0543. The van der Waals surface area contributed by atoms with Crippen molar-refractivity contribution in [3.05, 3.63) is 11.9 Å². The van der Waals surface area contributed by atoms with Gasteiger partial charge in [0.05, 0.1) is 0 Å². The smallest absolute Gasteiger partial charge is 0.411 e. The molecule has 1 saturated heterocycles. The highest BCUT2D eigenvalue weighted by Gasteiger charge is 2.33. The Labute approximate surface area is 96.6 Å². The molecule has 0 aromatic rings. The van der Waals surface area contributed by atoms with Crippen LogP contribution in [0.25, 0.3) is 0 Å². The van der Waals surface area contributed by atoms with Gasteiger partial charge in [-0.2, -0.15) is 0 Å². The average molecular weight is 224 g/mol. The van der Waals surface area contributed by atoms with Gasteiger partial charge in [-0.15, -0.1) is 0 Å². The molecule has 0 bridgehead atoms. The Morgan fingerprint density at radius 2 is 2.31 bits per heavy atom. The predicted octanol–water partition coefficient (Wildman–Crippen LogP) is 2.22. The molecule has 1 amide bonds. The van der Waals surface area contributed by atoms with Gasteiger partial charge in [-0.25, -0.2) is 4.79 Å². The molecule has 2 heterocycles. The number of alkyl carbamates (subject to hydrolysis) is 1. The Morgan fingerprint density at radius 3 is 3.00 bits per heavy atom. The number of amides is 1. The molecule has 1 N–H and O–H groups in total. The number of allylic oxidation sites excluding steroid dienone is 1. The van der Waals surface area contributed by atoms with Crippen molar-refractivity contribution in [1.29, 1.82) is 0 Å². The molecule has 0 radical (unpaired) electrons. The first-order chi connectivity index (χ1) is 7.44. The van der Waals surface area contributed by atoms with Gasteiger partial charge in [-0.3, -0.25) is 5.32 Å². The molecule has 0 aromatic carbocycles. The van der Waals surface area contributed by atoms with Gasteiger partial charge in [-0.05, 0) is 40.0 Å². The molecular formula is C12H20N2O2. The van der Waals surface area contributed by atoms with E-state index in [-0.39, 0.29) is 6.09 Å². The van der Waals surface area contributed by atoms with Crippen LogP contribution < -0.4 is 5.32 Å². The average Bonchev–Trinajstić information content (AvgIpc) is 2.77. The summed E-state index contributed by atoms with van der Waals surface area (Å²) in [6.45, 7) is 6.75. The zero-order valence-corrected chi connectivity index (χ0v) is 10.2. The fourth-order valence-corrected chi connectivity index (χ4v) is 1.93. The van der Waals surface area contributed by atoms with E-state index in [9.17, 15) is 4.79 Å². The summed E-state index contributed by atoms with van der Waals surface area (Å²) in [4.78, 5) is 13.8. The predicted molar refractivity (Wildman–Crippen MR) is 61.8 cm³/mol. The van der Waals surface area contributed by atoms with E-state index in [0.29, 0.717) is 0 Å². The second kappa shape index (κ2) is 4.00. The summed E-state index contributed by atoms with van der Waals surface area (Å²) in [5, 5.41) is 2.83. The molecule has 0 spiro atoms. The number of rotatable bonds is 1. The number of carbonyl (C=O) groups excluding carboxylic acids is 1. The van der Waals surface area contributed by atoms with Crippen LogP contribution in [0.5, 0.6) is 0 Å². The molecule has 4 heteroatoms. The molecule has 16 heavy (non-hydrogen) atoms. The zero-order chi connectivity index (χ0) is 11.8. The topological polar surface area (TPSA) is 41.3 Å². The summed E-state index contributed by atoms with van der Waals surface area (Å²) in [5.74, 6) is 0. The summed E-state index contributed by atoms with van der Waals surface area (Å²) in [6.07, 6.45) is 5.02. The third-order valence-corrected chi connectivity index (χ3v) is 2.72. The van der Waals surface area contributed by atoms with Crippen LogP contribution in [0.2, 0.25) is 0 Å². The fraction of sp³-hybridized carbons (Fsp3) is 0.750. The van der Waals surface area contributed by atoms with E-state index in [4.69, 9.17) is 4.74 Å². The van der Waals surface area contributed by atoms with Crippen LogP contribution in [0, 0.1) is 0 Å². The maximum absolute atomic E-state index is 11.6. The van der Waals surface area contributed by atoms with E-state index >= 15 is 0 Å². The minimum Gasteiger partial charge on any atom is -0.444 e. The molecule has 4 nitrogen and oxygen atoms in total. The number of carbonyl (C=O) groups is 1. The summed E-state index contributed by atoms with van der Waals surface area (Å²) in [6, 6.07) is 0.720. The molecule has 90 valence electrons. The number of ether oxygens (including phenoxy) is 1. The van der Waals surface area contributed by atoms with Crippen molar-refractivity contribution < 1.29 is 9.53 Å². The van der Waals surface area contributed by atoms with E-state index < -0.39 is 5.60 Å². The Hall–Kier alpha value is -1.19. The number of nitrogens with one attached hydrogen (secondary N) is 1. The van der Waals surface area contributed by atoms with Gasteiger partial charge in [0.1, 0.15) is 5.60 Å². The molecule has 0 aromatic heterocycles. The minimum absolute atomic E-state index is 0.348. The second-order valence-corrected chi connectivity index (χ2v) is 5.52. The summed E-state index contributed by atoms with van der Waals surface area (Å²) < 4.78 is 5.22. The van der Waals surface area contributed by atoms with E-state index in [1.807, 2.05) is 20.8 Å². The van der Waals surface area contributed by atoms with Crippen molar-refractivity contribution in [3.63, 3.8) is 0 Å². The normalized spacial score (nSPS) is 24.1. The Kier molecular flexibility index (Phi) is 2.82. The first-order valence-corrected chi connectivity index (χ1v) is 5.90. The molecular weight excluding hydrogens is 204 g/mol. The molecule has 1 fully saturated rings. The van der Waals surface area contributed by atoms with Crippen molar-refractivity contribution >= 4 is 6.09 Å². The highest BCUT2D eigenvalue weighted by Crippen LogP contribution is 2.28. The molecule has 1 atom stereocenters. The van der Waals surface area contributed by atoms with Gasteiger partial charge in [0, 0.05) is 24.5 Å². The van der Waals surface area contributed by atoms with Gasteiger partial charge >= 0.3 is 6.09 Å². The van der Waals surface area contributed by atoms with Crippen LogP contribution in [0.1, 0.15) is 40.0 Å². The maximum atomic E-state index is 11.6. The fourth-order valence-electron chi connectivity index (χ4n) is 1.93. The van der Waals surface area contributed by atoms with Crippen molar-refractivity contribution in [2.24, 2.45) is 0 Å². The van der Waals surface area contributed by atoms with Crippen molar-refractivity contribution in [2.45, 2.75) is 51.7 Å². The largest absolute Gasteiger partial charge is 0.444 e. The summed E-state index contributed by atoms with van der Waals surface area (Å²) >= 11 is 0. The van der Waals surface area contributed by atoms with Crippen molar-refractivity contribution in [2.75, 3.05) is 6.54 Å². The second-order valence-electron chi connectivity index (χ2n) is 5.52. The Morgan fingerprint density at radius 1 is 1.56 bits per heavy atom. The molecule has 2 rings (SSSR count). The number of hydrogen-bond donors (Lipinski definition) is 1. The SMILES string of the molecule is CC(C)(C)OC(=O)NC1=CN2CC2CCC1. The number of nitrogens with zero attached hydrogens (tertiary/aromatic N) is 1. The van der Waals surface area contributed by atoms with Gasteiger partial charge in [0.2, 0.25) is 0 Å². The monoisotopic (exact) mass is 224 g/mol. The number of fused-ring (bicyclic) bond motifs is 1. The molecule has 2 aliphatic rings. The van der Waals surface area contributed by atoms with Gasteiger partial charge in [-0.1, -0.05) is 0 Å². The van der Waals surface area contributed by atoms with E-state index in [1.165, 1.54) is 6.42 Å². The lowest BCUT2D eigenvalue weighted by Gasteiger charge is -2.20. The first-order valence-electron chi connectivity index (χ1n) is 5.90. The standard InChI is InChI=1S/C12H20N2O2/c1-12(2,3)16-11(15)13-9-5-4-6-10-8-14(10)7-9/h7,10H,4-6,8H2,1-3H3,(H,13,15). The lowest BCUT2D eigenvalue weighted by atomic mass is 10.2. The Balaban J connectivity index is 1.86. The third-order valence-electron chi connectivity index (χ3n) is 2.72. The highest BCUT2D eigenvalue weighted by molar-refractivity contribution is 5.70. The first kappa shape index (κ1) is 11.3. The number of hydrogen-bond acceptors (Lipinski definition) is 3. The van der Waals surface area contributed by atoms with Crippen molar-refractivity contribution in [1.82, 2.24) is 10.2 Å². The van der Waals surface area contributed by atoms with Crippen LogP contribution in [0.4, 0.5) is 4.79 Å². The van der Waals surface area contributed by atoms with Gasteiger partial charge in [0.25, 0.3) is 0 Å². The maximum Gasteiger partial charge on any atom is 0.411 e. The minimum atomic E-state index is -0.433. The van der Waals surface area contributed by atoms with Crippen LogP contribution in [-0.2, 0) is 4.74 Å². The zero-order valence-electron chi connectivity index (χ0n) is 10.2. The third kappa shape index (κ3) is 3.15. The summed E-state index contributed by atoms with van der Waals surface area (Å²) in [7, 11) is 0. The van der Waals surface area contributed by atoms with E-state index in [1.54, 1.807) is 0 Å². The molecule has 0 saturated carbocycles. The van der Waals surface area contributed by atoms with Crippen LogP contribution >= 0.6 is 0 Å². The van der Waals surface area contributed by atoms with E-state index in [2.05, 4.69) is 16.4 Å². The van der Waals surface area contributed by atoms with E-state index in [0.717, 1.165) is 31.1 Å². The van der Waals surface area contributed by atoms with Crippen LogP contribution in [0.3, 0.4) is 0 Å².